The zero-order chi connectivity index (χ0) is 10.4. The third kappa shape index (κ3) is 4.43. The minimum atomic E-state index is 0.878. The maximum atomic E-state index is 5.62. The molecule has 2 nitrogen and oxygen atoms in total. The first-order valence-corrected chi connectivity index (χ1v) is 6.07. The van der Waals surface area contributed by atoms with E-state index in [4.69, 9.17) is 5.73 Å². The smallest absolute Gasteiger partial charge is 0.000356 e. The van der Waals surface area contributed by atoms with Crippen LogP contribution in [-0.4, -0.2) is 32.1 Å². The normalized spacial score (nSPS) is 29.1. The molecule has 1 aliphatic carbocycles. The van der Waals surface area contributed by atoms with Crippen LogP contribution in [0.15, 0.2) is 0 Å². The molecular formula is C12H26N2. The first kappa shape index (κ1) is 12.0. The molecule has 0 heterocycles. The molecule has 14 heavy (non-hydrogen) atoms. The molecule has 0 amide bonds. The van der Waals surface area contributed by atoms with Gasteiger partial charge in [-0.1, -0.05) is 19.3 Å². The molecule has 2 atom stereocenters. The van der Waals surface area contributed by atoms with Crippen molar-refractivity contribution in [2.24, 2.45) is 17.6 Å². The third-order valence-electron chi connectivity index (χ3n) is 3.41. The highest BCUT2D eigenvalue weighted by atomic mass is 15.1. The van der Waals surface area contributed by atoms with Gasteiger partial charge in [0, 0.05) is 6.54 Å². The molecule has 1 aliphatic rings. The highest BCUT2D eigenvalue weighted by molar-refractivity contribution is 4.72. The summed E-state index contributed by atoms with van der Waals surface area (Å²) in [6.45, 7) is 2.15. The van der Waals surface area contributed by atoms with Crippen molar-refractivity contribution in [3.63, 3.8) is 0 Å². The van der Waals surface area contributed by atoms with E-state index in [2.05, 4.69) is 19.0 Å². The van der Waals surface area contributed by atoms with Crippen molar-refractivity contribution in [2.75, 3.05) is 27.2 Å². The Bertz CT molecular complexity index is 145. The lowest BCUT2D eigenvalue weighted by molar-refractivity contribution is 0.298. The second-order valence-corrected chi connectivity index (χ2v) is 5.08. The average Bonchev–Trinajstić information content (AvgIpc) is 2.31. The van der Waals surface area contributed by atoms with Gasteiger partial charge in [-0.25, -0.2) is 0 Å². The van der Waals surface area contributed by atoms with Crippen LogP contribution in [0.25, 0.3) is 0 Å². The zero-order valence-corrected chi connectivity index (χ0v) is 9.84. The van der Waals surface area contributed by atoms with Crippen LogP contribution in [0, 0.1) is 11.8 Å². The minimum absolute atomic E-state index is 0.878. The number of nitrogens with zero attached hydrogens (tertiary/aromatic N) is 1. The molecule has 0 aliphatic heterocycles. The molecule has 0 aromatic rings. The predicted molar refractivity (Wildman–Crippen MR) is 62.3 cm³/mol. The van der Waals surface area contributed by atoms with Gasteiger partial charge in [0.05, 0.1) is 0 Å². The summed E-state index contributed by atoms with van der Waals surface area (Å²) in [7, 11) is 4.37. The van der Waals surface area contributed by atoms with E-state index >= 15 is 0 Å². The van der Waals surface area contributed by atoms with Crippen LogP contribution in [0.1, 0.15) is 38.5 Å². The summed E-state index contributed by atoms with van der Waals surface area (Å²) < 4.78 is 0. The number of nitrogens with two attached hydrogens (primary N) is 1. The van der Waals surface area contributed by atoms with Gasteiger partial charge in [0.25, 0.3) is 0 Å². The van der Waals surface area contributed by atoms with Crippen LogP contribution in [0.3, 0.4) is 0 Å². The average molecular weight is 198 g/mol. The van der Waals surface area contributed by atoms with E-state index in [1.165, 1.54) is 45.1 Å². The van der Waals surface area contributed by atoms with Crippen molar-refractivity contribution in [2.45, 2.75) is 38.5 Å². The Balaban J connectivity index is 2.25. The minimum Gasteiger partial charge on any atom is -0.330 e. The molecule has 0 radical (unpaired) electrons. The standard InChI is InChI=1S/C12H26N2/c1-14(2)10-12-5-3-4-11(6-7-12)8-9-13/h11-12H,3-10,13H2,1-2H3. The molecule has 0 spiro atoms. The number of hydrogen-bond acceptors (Lipinski definition) is 2. The molecule has 2 heteroatoms. The van der Waals surface area contributed by atoms with Gasteiger partial charge >= 0.3 is 0 Å². The quantitative estimate of drug-likeness (QED) is 0.701. The Morgan fingerprint density at radius 3 is 2.36 bits per heavy atom. The van der Waals surface area contributed by atoms with Crippen LogP contribution in [0.5, 0.6) is 0 Å². The fourth-order valence-electron chi connectivity index (χ4n) is 2.68. The van der Waals surface area contributed by atoms with Crippen LogP contribution >= 0.6 is 0 Å². The second kappa shape index (κ2) is 6.41. The van der Waals surface area contributed by atoms with Crippen molar-refractivity contribution in [1.82, 2.24) is 4.90 Å². The van der Waals surface area contributed by atoms with E-state index in [0.29, 0.717) is 0 Å². The number of hydrogen-bond donors (Lipinski definition) is 1. The highest BCUT2D eigenvalue weighted by Gasteiger charge is 2.18. The molecule has 2 unspecified atom stereocenters. The summed E-state index contributed by atoms with van der Waals surface area (Å²) >= 11 is 0. The Hall–Kier alpha value is -0.0800. The van der Waals surface area contributed by atoms with Crippen molar-refractivity contribution in [3.05, 3.63) is 0 Å². The van der Waals surface area contributed by atoms with Crippen LogP contribution in [0.4, 0.5) is 0 Å². The van der Waals surface area contributed by atoms with E-state index < -0.39 is 0 Å². The SMILES string of the molecule is CN(C)CC1CCCC(CCN)CC1. The zero-order valence-electron chi connectivity index (χ0n) is 9.84. The van der Waals surface area contributed by atoms with Crippen molar-refractivity contribution in [3.8, 4) is 0 Å². The van der Waals surface area contributed by atoms with Gasteiger partial charge in [0.1, 0.15) is 0 Å². The maximum absolute atomic E-state index is 5.62. The summed E-state index contributed by atoms with van der Waals surface area (Å²) in [6, 6.07) is 0. The molecule has 0 bridgehead atoms. The molecular weight excluding hydrogens is 172 g/mol. The first-order valence-electron chi connectivity index (χ1n) is 6.07. The lowest BCUT2D eigenvalue weighted by atomic mass is 9.95. The van der Waals surface area contributed by atoms with Crippen LogP contribution < -0.4 is 5.73 Å². The van der Waals surface area contributed by atoms with Gasteiger partial charge in [-0.05, 0) is 51.7 Å². The summed E-state index contributed by atoms with van der Waals surface area (Å²) in [5.41, 5.74) is 5.62. The summed E-state index contributed by atoms with van der Waals surface area (Å²) in [5, 5.41) is 0. The van der Waals surface area contributed by atoms with E-state index in [1.807, 2.05) is 0 Å². The van der Waals surface area contributed by atoms with E-state index in [-0.39, 0.29) is 0 Å². The molecule has 1 fully saturated rings. The molecule has 1 saturated carbocycles. The monoisotopic (exact) mass is 198 g/mol. The Morgan fingerprint density at radius 1 is 1.07 bits per heavy atom. The molecule has 0 aromatic heterocycles. The third-order valence-corrected chi connectivity index (χ3v) is 3.41. The van der Waals surface area contributed by atoms with E-state index in [9.17, 15) is 0 Å². The number of rotatable bonds is 4. The largest absolute Gasteiger partial charge is 0.330 e. The second-order valence-electron chi connectivity index (χ2n) is 5.08. The summed E-state index contributed by atoms with van der Waals surface area (Å²) in [5.74, 6) is 1.86. The van der Waals surface area contributed by atoms with Gasteiger partial charge < -0.3 is 10.6 Å². The Kier molecular flexibility index (Phi) is 5.49. The maximum Gasteiger partial charge on any atom is 0.000356 e. The fraction of sp³-hybridized carbons (Fsp3) is 1.00. The van der Waals surface area contributed by atoms with Crippen molar-refractivity contribution < 1.29 is 0 Å². The topological polar surface area (TPSA) is 29.3 Å². The molecule has 84 valence electrons. The lowest BCUT2D eigenvalue weighted by Gasteiger charge is -2.19. The van der Waals surface area contributed by atoms with Gasteiger partial charge in [0.2, 0.25) is 0 Å². The van der Waals surface area contributed by atoms with Gasteiger partial charge in [0.15, 0.2) is 0 Å². The summed E-state index contributed by atoms with van der Waals surface area (Å²) in [4.78, 5) is 2.33. The van der Waals surface area contributed by atoms with E-state index in [1.54, 1.807) is 0 Å². The van der Waals surface area contributed by atoms with Gasteiger partial charge in [-0.15, -0.1) is 0 Å². The van der Waals surface area contributed by atoms with Gasteiger partial charge in [-0.2, -0.15) is 0 Å². The predicted octanol–water partition coefficient (Wildman–Crippen LogP) is 2.09. The van der Waals surface area contributed by atoms with Gasteiger partial charge in [-0.3, -0.25) is 0 Å². The molecule has 2 N–H and O–H groups in total. The van der Waals surface area contributed by atoms with Crippen molar-refractivity contribution >= 4 is 0 Å². The molecule has 0 saturated heterocycles. The highest BCUT2D eigenvalue weighted by Crippen LogP contribution is 2.29. The van der Waals surface area contributed by atoms with Crippen LogP contribution in [0.2, 0.25) is 0 Å². The van der Waals surface area contributed by atoms with E-state index in [0.717, 1.165) is 18.4 Å². The molecule has 0 aromatic carbocycles. The summed E-state index contributed by atoms with van der Waals surface area (Å²) in [6.07, 6.45) is 8.34. The lowest BCUT2D eigenvalue weighted by Crippen LogP contribution is -2.21. The first-order chi connectivity index (χ1) is 6.72. The fourth-order valence-corrected chi connectivity index (χ4v) is 2.68. The Labute approximate surface area is 88.8 Å². The van der Waals surface area contributed by atoms with Crippen LogP contribution in [-0.2, 0) is 0 Å². The molecule has 1 rings (SSSR count). The Morgan fingerprint density at radius 2 is 1.71 bits per heavy atom. The van der Waals surface area contributed by atoms with Crippen molar-refractivity contribution in [1.29, 1.82) is 0 Å².